The van der Waals surface area contributed by atoms with Gasteiger partial charge in [0.05, 0.1) is 12.9 Å². The Morgan fingerprint density at radius 3 is 2.50 bits per heavy atom. The second-order valence-corrected chi connectivity index (χ2v) is 6.18. The molecule has 3 heteroatoms. The van der Waals surface area contributed by atoms with Crippen LogP contribution in [0.5, 0.6) is 5.75 Å². The molecule has 0 spiro atoms. The van der Waals surface area contributed by atoms with Crippen LogP contribution in [0.15, 0.2) is 34.9 Å². The van der Waals surface area contributed by atoms with Crippen LogP contribution in [0.4, 0.5) is 0 Å². The van der Waals surface area contributed by atoms with Gasteiger partial charge in [0.15, 0.2) is 11.3 Å². The van der Waals surface area contributed by atoms with Crippen molar-refractivity contribution in [2.45, 2.75) is 64.3 Å². The van der Waals surface area contributed by atoms with Crippen LogP contribution >= 0.6 is 0 Å². The molecule has 2 rings (SSSR count). The van der Waals surface area contributed by atoms with Gasteiger partial charge in [-0.1, -0.05) is 50.7 Å². The maximum atomic E-state index is 5.84. The van der Waals surface area contributed by atoms with E-state index < -0.39 is 0 Å². The van der Waals surface area contributed by atoms with Crippen LogP contribution in [0.3, 0.4) is 0 Å². The summed E-state index contributed by atoms with van der Waals surface area (Å²) in [5.41, 5.74) is 6.60. The van der Waals surface area contributed by atoms with Gasteiger partial charge in [-0.05, 0) is 31.9 Å². The van der Waals surface area contributed by atoms with Crippen molar-refractivity contribution >= 4 is 11.0 Å². The molecule has 1 aromatic carbocycles. The first-order chi connectivity index (χ1) is 10.8. The summed E-state index contributed by atoms with van der Waals surface area (Å²) in [7, 11) is 0. The molecule has 0 aliphatic heterocycles. The van der Waals surface area contributed by atoms with Crippen molar-refractivity contribution in [3.8, 4) is 5.75 Å². The van der Waals surface area contributed by atoms with E-state index in [1.807, 2.05) is 24.3 Å². The quantitative estimate of drug-likeness (QED) is 0.574. The van der Waals surface area contributed by atoms with E-state index in [9.17, 15) is 0 Å². The summed E-state index contributed by atoms with van der Waals surface area (Å²) in [6.45, 7) is 2.85. The first-order valence-electron chi connectivity index (χ1n) is 8.62. The van der Waals surface area contributed by atoms with Crippen molar-refractivity contribution in [2.75, 3.05) is 6.61 Å². The van der Waals surface area contributed by atoms with Crippen molar-refractivity contribution in [3.05, 3.63) is 30.5 Å². The lowest BCUT2D eigenvalue weighted by atomic mass is 10.1. The molecule has 1 unspecified atom stereocenters. The van der Waals surface area contributed by atoms with Crippen molar-refractivity contribution in [3.63, 3.8) is 0 Å². The van der Waals surface area contributed by atoms with Crippen LogP contribution in [0.2, 0.25) is 0 Å². The number of hydrogen-bond donors (Lipinski definition) is 1. The predicted octanol–water partition coefficient (Wildman–Crippen LogP) is 5.28. The highest BCUT2D eigenvalue weighted by atomic mass is 16.5. The molecule has 2 aromatic rings. The van der Waals surface area contributed by atoms with Crippen molar-refractivity contribution in [2.24, 2.45) is 5.73 Å². The fraction of sp³-hybridized carbons (Fsp3) is 0.579. The Labute approximate surface area is 133 Å². The Morgan fingerprint density at radius 1 is 1.00 bits per heavy atom. The third-order valence-electron chi connectivity index (χ3n) is 4.00. The molecule has 1 aromatic heterocycles. The molecule has 22 heavy (non-hydrogen) atoms. The molecule has 0 saturated heterocycles. The fourth-order valence-corrected chi connectivity index (χ4v) is 2.71. The van der Waals surface area contributed by atoms with Gasteiger partial charge in [-0.25, -0.2) is 0 Å². The molecule has 122 valence electrons. The summed E-state index contributed by atoms with van der Waals surface area (Å²) in [4.78, 5) is 0. The minimum Gasteiger partial charge on any atom is -0.490 e. The van der Waals surface area contributed by atoms with Gasteiger partial charge in [0.2, 0.25) is 0 Å². The van der Waals surface area contributed by atoms with Crippen LogP contribution in [0.1, 0.15) is 58.3 Å². The van der Waals surface area contributed by atoms with Gasteiger partial charge in [0, 0.05) is 11.4 Å². The second-order valence-electron chi connectivity index (χ2n) is 6.18. The lowest BCUT2D eigenvalue weighted by Gasteiger charge is -2.07. The monoisotopic (exact) mass is 303 g/mol. The average Bonchev–Trinajstić information content (AvgIpc) is 2.98. The third kappa shape index (κ3) is 5.72. The Bertz CT molecular complexity index is 533. The molecule has 0 aliphatic carbocycles. The van der Waals surface area contributed by atoms with Gasteiger partial charge in [0.25, 0.3) is 0 Å². The van der Waals surface area contributed by atoms with E-state index in [0.29, 0.717) is 6.04 Å². The molecule has 2 N–H and O–H groups in total. The van der Waals surface area contributed by atoms with E-state index in [1.165, 1.54) is 38.5 Å². The average molecular weight is 303 g/mol. The number of hydrogen-bond acceptors (Lipinski definition) is 3. The zero-order valence-corrected chi connectivity index (χ0v) is 13.7. The van der Waals surface area contributed by atoms with E-state index in [-0.39, 0.29) is 0 Å². The maximum absolute atomic E-state index is 5.84. The van der Waals surface area contributed by atoms with E-state index in [4.69, 9.17) is 14.9 Å². The number of benzene rings is 1. The summed E-state index contributed by atoms with van der Waals surface area (Å²) in [5, 5.41) is 1.10. The third-order valence-corrected chi connectivity index (χ3v) is 4.00. The standard InChI is InChI=1S/C19H29NO2/c1-16(20)10-7-5-3-2-4-6-8-14-21-18-12-9-11-17-13-15-22-19(17)18/h9,11-13,15-16H,2-8,10,14,20H2,1H3. The first-order valence-corrected chi connectivity index (χ1v) is 8.62. The second kappa shape index (κ2) is 9.52. The Hall–Kier alpha value is -1.48. The molecule has 3 nitrogen and oxygen atoms in total. The Balaban J connectivity index is 1.50. The normalized spacial score (nSPS) is 12.6. The zero-order chi connectivity index (χ0) is 15.6. The van der Waals surface area contributed by atoms with Gasteiger partial charge in [-0.3, -0.25) is 0 Å². The largest absolute Gasteiger partial charge is 0.490 e. The van der Waals surface area contributed by atoms with E-state index in [0.717, 1.165) is 36.2 Å². The van der Waals surface area contributed by atoms with Crippen molar-refractivity contribution < 1.29 is 9.15 Å². The van der Waals surface area contributed by atoms with Gasteiger partial charge < -0.3 is 14.9 Å². The summed E-state index contributed by atoms with van der Waals surface area (Å²) in [6, 6.07) is 8.35. The van der Waals surface area contributed by atoms with Gasteiger partial charge >= 0.3 is 0 Å². The zero-order valence-electron chi connectivity index (χ0n) is 13.7. The number of rotatable bonds is 11. The minimum atomic E-state index is 0.357. The van der Waals surface area contributed by atoms with Gasteiger partial charge in [0.1, 0.15) is 0 Å². The number of fused-ring (bicyclic) bond motifs is 1. The van der Waals surface area contributed by atoms with Crippen LogP contribution in [0.25, 0.3) is 11.0 Å². The maximum Gasteiger partial charge on any atom is 0.175 e. The molecule has 1 heterocycles. The number of para-hydroxylation sites is 1. The van der Waals surface area contributed by atoms with Crippen molar-refractivity contribution in [1.29, 1.82) is 0 Å². The molecule has 0 bridgehead atoms. The van der Waals surface area contributed by atoms with Crippen molar-refractivity contribution in [1.82, 2.24) is 0 Å². The van der Waals surface area contributed by atoms with E-state index >= 15 is 0 Å². The number of ether oxygens (including phenoxy) is 1. The van der Waals surface area contributed by atoms with Crippen LogP contribution < -0.4 is 10.5 Å². The summed E-state index contributed by atoms with van der Waals surface area (Å²) in [6.07, 6.45) is 11.8. The lowest BCUT2D eigenvalue weighted by Crippen LogP contribution is -2.13. The van der Waals surface area contributed by atoms with Gasteiger partial charge in [-0.15, -0.1) is 0 Å². The van der Waals surface area contributed by atoms with Crippen LogP contribution in [-0.4, -0.2) is 12.6 Å². The molecule has 0 aliphatic rings. The molecule has 0 amide bonds. The summed E-state index contributed by atoms with van der Waals surface area (Å²) in [5.74, 6) is 0.860. The molecule has 0 saturated carbocycles. The molecule has 0 radical (unpaired) electrons. The number of furan rings is 1. The summed E-state index contributed by atoms with van der Waals surface area (Å²) < 4.78 is 11.3. The van der Waals surface area contributed by atoms with E-state index in [1.54, 1.807) is 6.26 Å². The summed E-state index contributed by atoms with van der Waals surface area (Å²) >= 11 is 0. The predicted molar refractivity (Wildman–Crippen MR) is 92.3 cm³/mol. The highest BCUT2D eigenvalue weighted by molar-refractivity contribution is 5.82. The molecule has 1 atom stereocenters. The topological polar surface area (TPSA) is 48.4 Å². The highest BCUT2D eigenvalue weighted by Gasteiger charge is 2.04. The smallest absolute Gasteiger partial charge is 0.175 e. The molecular formula is C19H29NO2. The Kier molecular flexibility index (Phi) is 7.31. The number of nitrogens with two attached hydrogens (primary N) is 1. The highest BCUT2D eigenvalue weighted by Crippen LogP contribution is 2.26. The van der Waals surface area contributed by atoms with Gasteiger partial charge in [-0.2, -0.15) is 0 Å². The fourth-order valence-electron chi connectivity index (χ4n) is 2.71. The lowest BCUT2D eigenvalue weighted by molar-refractivity contribution is 0.303. The van der Waals surface area contributed by atoms with Crippen LogP contribution in [-0.2, 0) is 0 Å². The van der Waals surface area contributed by atoms with E-state index in [2.05, 4.69) is 6.92 Å². The SMILES string of the molecule is CC(N)CCCCCCCCCOc1cccc2ccoc12. The molecule has 0 fully saturated rings. The number of unbranched alkanes of at least 4 members (excludes halogenated alkanes) is 6. The molecular weight excluding hydrogens is 274 g/mol. The first kappa shape index (κ1) is 16.9. The van der Waals surface area contributed by atoms with Crippen LogP contribution in [0, 0.1) is 0 Å². The Morgan fingerprint density at radius 2 is 1.73 bits per heavy atom. The minimum absolute atomic E-state index is 0.357.